The van der Waals surface area contributed by atoms with Crippen molar-refractivity contribution in [1.29, 1.82) is 0 Å². The fraction of sp³-hybridized carbons (Fsp3) is 0.269. The number of H-pyrrole nitrogens is 1. The minimum absolute atomic E-state index is 0.156. The summed E-state index contributed by atoms with van der Waals surface area (Å²) in [4.78, 5) is 19.4. The van der Waals surface area contributed by atoms with E-state index in [0.29, 0.717) is 12.5 Å². The van der Waals surface area contributed by atoms with Crippen LogP contribution in [0, 0.1) is 5.92 Å². The number of ether oxygens (including phenoxy) is 1. The number of hydrogen-bond donors (Lipinski definition) is 1. The van der Waals surface area contributed by atoms with Gasteiger partial charge in [-0.25, -0.2) is 0 Å². The Balaban J connectivity index is 1.46. The molecule has 4 nitrogen and oxygen atoms in total. The first-order valence-electron chi connectivity index (χ1n) is 10.7. The number of pyridine rings is 1. The van der Waals surface area contributed by atoms with Crippen LogP contribution in [0.4, 0.5) is 0 Å². The summed E-state index contributed by atoms with van der Waals surface area (Å²) in [7, 11) is 0. The summed E-state index contributed by atoms with van der Waals surface area (Å²) >= 11 is 0. The largest absolute Gasteiger partial charge is 0.493 e. The van der Waals surface area contributed by atoms with Crippen molar-refractivity contribution in [2.75, 3.05) is 6.61 Å². The average Bonchev–Trinajstić information content (AvgIpc) is 3.38. The lowest BCUT2D eigenvalue weighted by molar-refractivity contribution is 0.163. The van der Waals surface area contributed by atoms with Crippen molar-refractivity contribution in [3.05, 3.63) is 105 Å². The molecule has 1 fully saturated rings. The van der Waals surface area contributed by atoms with Gasteiger partial charge in [-0.3, -0.25) is 9.69 Å². The summed E-state index contributed by atoms with van der Waals surface area (Å²) in [6, 6.07) is 18.6. The maximum atomic E-state index is 13.3. The van der Waals surface area contributed by atoms with Crippen molar-refractivity contribution in [2.45, 2.75) is 32.0 Å². The predicted molar refractivity (Wildman–Crippen MR) is 118 cm³/mol. The van der Waals surface area contributed by atoms with Crippen molar-refractivity contribution in [3.63, 3.8) is 0 Å². The van der Waals surface area contributed by atoms with Gasteiger partial charge in [0.05, 0.1) is 12.6 Å². The van der Waals surface area contributed by atoms with Crippen molar-refractivity contribution in [1.82, 2.24) is 9.88 Å². The summed E-state index contributed by atoms with van der Waals surface area (Å²) < 4.78 is 5.76. The van der Waals surface area contributed by atoms with Gasteiger partial charge in [-0.1, -0.05) is 48.5 Å². The molecule has 1 N–H and O–H groups in total. The number of hydrogen-bond acceptors (Lipinski definition) is 3. The highest BCUT2D eigenvalue weighted by molar-refractivity contribution is 5.79. The van der Waals surface area contributed by atoms with Crippen LogP contribution in [-0.2, 0) is 17.8 Å². The summed E-state index contributed by atoms with van der Waals surface area (Å²) in [6.45, 7) is 2.29. The zero-order valence-electron chi connectivity index (χ0n) is 16.8. The highest BCUT2D eigenvalue weighted by Gasteiger charge is 2.39. The highest BCUT2D eigenvalue weighted by atomic mass is 16.5. The van der Waals surface area contributed by atoms with E-state index in [1.807, 2.05) is 30.3 Å². The molecule has 3 aliphatic rings. The smallest absolute Gasteiger partial charge is 0.194 e. The van der Waals surface area contributed by atoms with Crippen LogP contribution < -0.4 is 5.43 Å². The number of aromatic nitrogens is 1. The van der Waals surface area contributed by atoms with Gasteiger partial charge in [0.25, 0.3) is 0 Å². The van der Waals surface area contributed by atoms with Gasteiger partial charge in [-0.05, 0) is 35.8 Å². The maximum absolute atomic E-state index is 13.3. The van der Waals surface area contributed by atoms with E-state index < -0.39 is 0 Å². The first-order valence-corrected chi connectivity index (χ1v) is 10.7. The Labute approximate surface area is 175 Å². The first kappa shape index (κ1) is 17.7. The number of para-hydroxylation sites is 1. The Morgan fingerprint density at radius 1 is 1.07 bits per heavy atom. The third-order valence-corrected chi connectivity index (χ3v) is 6.66. The van der Waals surface area contributed by atoms with Crippen molar-refractivity contribution in [3.8, 4) is 0 Å². The molecule has 0 spiro atoms. The topological polar surface area (TPSA) is 45.3 Å². The van der Waals surface area contributed by atoms with Gasteiger partial charge in [0.1, 0.15) is 5.76 Å². The van der Waals surface area contributed by atoms with Crippen molar-refractivity contribution in [2.24, 2.45) is 5.92 Å². The lowest BCUT2D eigenvalue weighted by atomic mass is 9.86. The van der Waals surface area contributed by atoms with Crippen LogP contribution in [-0.4, -0.2) is 16.5 Å². The second kappa shape index (κ2) is 6.99. The minimum atomic E-state index is 0.156. The molecule has 1 aliphatic carbocycles. The molecule has 0 radical (unpaired) electrons. The second-order valence-corrected chi connectivity index (χ2v) is 8.49. The molecule has 1 unspecified atom stereocenters. The fourth-order valence-corrected chi connectivity index (χ4v) is 5.28. The van der Waals surface area contributed by atoms with Gasteiger partial charge in [-0.2, -0.15) is 0 Å². The third kappa shape index (κ3) is 2.83. The molecule has 1 aromatic heterocycles. The van der Waals surface area contributed by atoms with Gasteiger partial charge in [-0.15, -0.1) is 0 Å². The lowest BCUT2D eigenvalue weighted by Crippen LogP contribution is -2.28. The summed E-state index contributed by atoms with van der Waals surface area (Å²) in [5, 5.41) is 0.782. The fourth-order valence-electron chi connectivity index (χ4n) is 5.28. The Hall–Kier alpha value is -3.11. The second-order valence-electron chi connectivity index (χ2n) is 8.49. The standard InChI is InChI=1S/C26H24N2O2/c29-26-20-8-4-5-9-22(20)27-24-21(26)16-28(15-17-6-2-1-3-7-17)25(24)19-10-11-23-18(14-19)12-13-30-23/h1-9,11,14,19,25H,10,12-13,15-16H2,(H,27,29)/t19?,25-/m1/s1. The lowest BCUT2D eigenvalue weighted by Gasteiger charge is -2.32. The monoisotopic (exact) mass is 396 g/mol. The van der Waals surface area contributed by atoms with Crippen LogP contribution in [0.15, 0.2) is 82.9 Å². The molecule has 0 amide bonds. The molecule has 4 heteroatoms. The summed E-state index contributed by atoms with van der Waals surface area (Å²) in [5.41, 5.74) is 5.71. The molecule has 3 aromatic rings. The van der Waals surface area contributed by atoms with Crippen LogP contribution in [0.1, 0.15) is 35.7 Å². The minimum Gasteiger partial charge on any atom is -0.493 e. The Kier molecular flexibility index (Phi) is 4.13. The molecule has 3 heterocycles. The molecular weight excluding hydrogens is 372 g/mol. The van der Waals surface area contributed by atoms with E-state index in [9.17, 15) is 4.79 Å². The number of benzene rings is 2. The van der Waals surface area contributed by atoms with Gasteiger partial charge in [0, 0.05) is 47.6 Å². The number of allylic oxidation sites excluding steroid dienone is 2. The number of rotatable bonds is 3. The van der Waals surface area contributed by atoms with E-state index in [1.54, 1.807) is 0 Å². The van der Waals surface area contributed by atoms with E-state index in [2.05, 4.69) is 46.3 Å². The summed E-state index contributed by atoms with van der Waals surface area (Å²) in [5.74, 6) is 1.39. The summed E-state index contributed by atoms with van der Waals surface area (Å²) in [6.07, 6.45) is 6.55. The molecular formula is C26H24N2O2. The van der Waals surface area contributed by atoms with Crippen LogP contribution in [0.5, 0.6) is 0 Å². The zero-order valence-corrected chi connectivity index (χ0v) is 16.8. The first-order chi connectivity index (χ1) is 14.8. The Morgan fingerprint density at radius 2 is 1.90 bits per heavy atom. The van der Waals surface area contributed by atoms with Crippen LogP contribution in [0.2, 0.25) is 0 Å². The zero-order chi connectivity index (χ0) is 20.1. The van der Waals surface area contributed by atoms with Crippen LogP contribution in [0.25, 0.3) is 10.9 Å². The highest BCUT2D eigenvalue weighted by Crippen LogP contribution is 2.44. The SMILES string of the molecule is O=c1c2c([nH]c3ccccc13)[C@@H](C1C=C3CCOC3=CC1)N(Cc1ccccc1)C2. The Morgan fingerprint density at radius 3 is 2.80 bits per heavy atom. The maximum Gasteiger partial charge on any atom is 0.194 e. The van der Waals surface area contributed by atoms with Gasteiger partial charge >= 0.3 is 0 Å². The normalized spacial score (nSPS) is 22.9. The quantitative estimate of drug-likeness (QED) is 0.689. The number of fused-ring (bicyclic) bond motifs is 3. The molecule has 30 heavy (non-hydrogen) atoms. The van der Waals surface area contributed by atoms with Crippen molar-refractivity contribution >= 4 is 10.9 Å². The Bertz CT molecular complexity index is 1240. The molecule has 2 aliphatic heterocycles. The van der Waals surface area contributed by atoms with E-state index in [4.69, 9.17) is 4.74 Å². The molecule has 2 atom stereocenters. The van der Waals surface area contributed by atoms with Gasteiger partial charge < -0.3 is 9.72 Å². The molecule has 1 saturated heterocycles. The van der Waals surface area contributed by atoms with E-state index >= 15 is 0 Å². The van der Waals surface area contributed by atoms with Gasteiger partial charge in [0.2, 0.25) is 0 Å². The molecule has 0 bridgehead atoms. The van der Waals surface area contributed by atoms with E-state index in [1.165, 1.54) is 11.1 Å². The van der Waals surface area contributed by atoms with Crippen LogP contribution >= 0.6 is 0 Å². The van der Waals surface area contributed by atoms with Crippen LogP contribution in [0.3, 0.4) is 0 Å². The van der Waals surface area contributed by atoms with E-state index in [-0.39, 0.29) is 11.5 Å². The third-order valence-electron chi connectivity index (χ3n) is 6.66. The number of nitrogens with zero attached hydrogens (tertiary/aromatic N) is 1. The van der Waals surface area contributed by atoms with E-state index in [0.717, 1.165) is 53.9 Å². The predicted octanol–water partition coefficient (Wildman–Crippen LogP) is 4.84. The molecule has 2 aromatic carbocycles. The molecule has 150 valence electrons. The van der Waals surface area contributed by atoms with Crippen molar-refractivity contribution < 1.29 is 4.74 Å². The number of nitrogens with one attached hydrogen (secondary N) is 1. The number of aromatic amines is 1. The molecule has 6 rings (SSSR count). The average molecular weight is 396 g/mol. The molecule has 0 saturated carbocycles. The van der Waals surface area contributed by atoms with Gasteiger partial charge in [0.15, 0.2) is 5.43 Å².